The molecule has 0 aromatic carbocycles. The van der Waals surface area contributed by atoms with Crippen LogP contribution in [0.25, 0.3) is 0 Å². The maximum atomic E-state index is 9.82. The number of rotatable bonds is 8. The van der Waals surface area contributed by atoms with Gasteiger partial charge in [0.15, 0.2) is 0 Å². The van der Waals surface area contributed by atoms with Crippen molar-refractivity contribution in [2.24, 2.45) is 5.92 Å². The molecule has 2 aliphatic rings. The van der Waals surface area contributed by atoms with Gasteiger partial charge in [0, 0.05) is 12.6 Å². The molecule has 1 N–H and O–H groups in total. The van der Waals surface area contributed by atoms with E-state index in [-0.39, 0.29) is 5.54 Å². The highest BCUT2D eigenvalue weighted by molar-refractivity contribution is 5.17. The van der Waals surface area contributed by atoms with E-state index in [9.17, 15) is 5.26 Å². The first kappa shape index (κ1) is 15.8. The van der Waals surface area contributed by atoms with Crippen LogP contribution in [0.3, 0.4) is 0 Å². The molecule has 114 valence electrons. The largest absolute Gasteiger partial charge is 0.298 e. The summed E-state index contributed by atoms with van der Waals surface area (Å²) in [5, 5.41) is 13.4. The van der Waals surface area contributed by atoms with E-state index in [1.807, 2.05) is 0 Å². The van der Waals surface area contributed by atoms with Crippen molar-refractivity contribution in [2.45, 2.75) is 76.8 Å². The summed E-state index contributed by atoms with van der Waals surface area (Å²) in [4.78, 5) is 2.59. The van der Waals surface area contributed by atoms with Crippen LogP contribution in [-0.4, -0.2) is 36.1 Å². The highest BCUT2D eigenvalue weighted by atomic mass is 15.2. The van der Waals surface area contributed by atoms with E-state index in [1.54, 1.807) is 0 Å². The molecule has 2 saturated carbocycles. The number of nitrogens with zero attached hydrogens (tertiary/aromatic N) is 2. The molecule has 0 aliphatic heterocycles. The second-order valence-corrected chi connectivity index (χ2v) is 6.64. The van der Waals surface area contributed by atoms with Crippen LogP contribution in [0.4, 0.5) is 0 Å². The minimum atomic E-state index is -0.288. The van der Waals surface area contributed by atoms with Crippen molar-refractivity contribution < 1.29 is 0 Å². The van der Waals surface area contributed by atoms with Gasteiger partial charge in [-0.2, -0.15) is 5.26 Å². The maximum absolute atomic E-state index is 9.82. The number of hydrogen-bond acceptors (Lipinski definition) is 3. The fraction of sp³-hybridized carbons (Fsp3) is 0.941. The zero-order chi connectivity index (χ0) is 14.4. The van der Waals surface area contributed by atoms with Gasteiger partial charge < -0.3 is 0 Å². The van der Waals surface area contributed by atoms with Gasteiger partial charge in [0.25, 0.3) is 0 Å². The molecule has 2 aliphatic carbocycles. The Bertz CT molecular complexity index is 326. The van der Waals surface area contributed by atoms with Crippen LogP contribution in [0.1, 0.15) is 65.2 Å². The Labute approximate surface area is 124 Å². The average Bonchev–Trinajstić information content (AvgIpc) is 3.34. The van der Waals surface area contributed by atoms with Gasteiger partial charge in [0.2, 0.25) is 0 Å². The Morgan fingerprint density at radius 3 is 2.35 bits per heavy atom. The molecule has 0 amide bonds. The Morgan fingerprint density at radius 2 is 1.85 bits per heavy atom. The molecular formula is C17H31N3. The van der Waals surface area contributed by atoms with Crippen LogP contribution in [0.15, 0.2) is 0 Å². The maximum Gasteiger partial charge on any atom is 0.122 e. The van der Waals surface area contributed by atoms with Crippen molar-refractivity contribution in [1.82, 2.24) is 10.2 Å². The molecule has 0 bridgehead atoms. The zero-order valence-corrected chi connectivity index (χ0v) is 13.3. The molecule has 0 aromatic heterocycles. The smallest absolute Gasteiger partial charge is 0.122 e. The lowest BCUT2D eigenvalue weighted by atomic mass is 9.89. The first-order valence-electron chi connectivity index (χ1n) is 8.66. The monoisotopic (exact) mass is 277 g/mol. The van der Waals surface area contributed by atoms with Crippen molar-refractivity contribution in [2.75, 3.05) is 19.6 Å². The normalized spacial score (nSPS) is 23.5. The van der Waals surface area contributed by atoms with Crippen molar-refractivity contribution in [3.8, 4) is 6.07 Å². The summed E-state index contributed by atoms with van der Waals surface area (Å²) in [6.45, 7) is 7.40. The number of hydrogen-bond donors (Lipinski definition) is 1. The summed E-state index contributed by atoms with van der Waals surface area (Å²) in [6.07, 6.45) is 10.3. The first-order valence-corrected chi connectivity index (χ1v) is 8.66. The first-order chi connectivity index (χ1) is 9.75. The molecule has 0 saturated heterocycles. The minimum absolute atomic E-state index is 0.288. The van der Waals surface area contributed by atoms with Gasteiger partial charge in [-0.15, -0.1) is 0 Å². The van der Waals surface area contributed by atoms with Crippen LogP contribution in [0, 0.1) is 17.2 Å². The summed E-state index contributed by atoms with van der Waals surface area (Å²) in [5.74, 6) is 0.580. The van der Waals surface area contributed by atoms with Crippen LogP contribution in [0.5, 0.6) is 0 Å². The van der Waals surface area contributed by atoms with E-state index in [0.717, 1.165) is 26.1 Å². The SMILES string of the molecule is CCCNC(C#N)(CN(CC)C1CCCCC1)C1CC1. The predicted molar refractivity (Wildman–Crippen MR) is 83.5 cm³/mol. The third-order valence-corrected chi connectivity index (χ3v) is 5.11. The van der Waals surface area contributed by atoms with E-state index in [4.69, 9.17) is 0 Å². The molecule has 2 rings (SSSR count). The third kappa shape index (κ3) is 3.74. The molecule has 1 unspecified atom stereocenters. The van der Waals surface area contributed by atoms with Crippen molar-refractivity contribution >= 4 is 0 Å². The molecule has 1 atom stereocenters. The molecule has 0 aromatic rings. The molecule has 0 spiro atoms. The van der Waals surface area contributed by atoms with E-state index in [1.165, 1.54) is 44.9 Å². The van der Waals surface area contributed by atoms with E-state index in [2.05, 4.69) is 30.1 Å². The van der Waals surface area contributed by atoms with Gasteiger partial charge in [0.1, 0.15) is 5.54 Å². The van der Waals surface area contributed by atoms with Crippen molar-refractivity contribution in [3.05, 3.63) is 0 Å². The molecule has 20 heavy (non-hydrogen) atoms. The number of likely N-dealkylation sites (N-methyl/N-ethyl adjacent to an activating group) is 1. The fourth-order valence-corrected chi connectivity index (χ4v) is 3.69. The van der Waals surface area contributed by atoms with Crippen molar-refractivity contribution in [3.63, 3.8) is 0 Å². The van der Waals surface area contributed by atoms with Crippen LogP contribution < -0.4 is 5.32 Å². The van der Waals surface area contributed by atoms with Gasteiger partial charge in [-0.25, -0.2) is 0 Å². The Balaban J connectivity index is 2.02. The predicted octanol–water partition coefficient (Wildman–Crippen LogP) is 3.31. The molecule has 2 fully saturated rings. The fourth-order valence-electron chi connectivity index (χ4n) is 3.69. The van der Waals surface area contributed by atoms with E-state index >= 15 is 0 Å². The second kappa shape index (κ2) is 7.43. The summed E-state index contributed by atoms with van der Waals surface area (Å²) in [7, 11) is 0. The highest BCUT2D eigenvalue weighted by Crippen LogP contribution is 2.40. The summed E-state index contributed by atoms with van der Waals surface area (Å²) in [5.41, 5.74) is -0.288. The quantitative estimate of drug-likeness (QED) is 0.740. The van der Waals surface area contributed by atoms with E-state index < -0.39 is 0 Å². The molecule has 3 nitrogen and oxygen atoms in total. The third-order valence-electron chi connectivity index (χ3n) is 5.11. The zero-order valence-electron chi connectivity index (χ0n) is 13.3. The van der Waals surface area contributed by atoms with Crippen LogP contribution >= 0.6 is 0 Å². The summed E-state index contributed by atoms with van der Waals surface area (Å²) >= 11 is 0. The highest BCUT2D eigenvalue weighted by Gasteiger charge is 2.46. The lowest BCUT2D eigenvalue weighted by Gasteiger charge is -2.39. The van der Waals surface area contributed by atoms with Gasteiger partial charge in [0.05, 0.1) is 6.07 Å². The Kier molecular flexibility index (Phi) is 5.86. The summed E-state index contributed by atoms with van der Waals surface area (Å²) < 4.78 is 0. The number of nitrogens with one attached hydrogen (secondary N) is 1. The second-order valence-electron chi connectivity index (χ2n) is 6.64. The molecule has 3 heteroatoms. The lowest BCUT2D eigenvalue weighted by Crippen LogP contribution is -2.56. The Hall–Kier alpha value is -0.590. The van der Waals surface area contributed by atoms with Crippen molar-refractivity contribution in [1.29, 1.82) is 5.26 Å². The lowest BCUT2D eigenvalue weighted by molar-refractivity contribution is 0.123. The van der Waals surface area contributed by atoms with Gasteiger partial charge in [-0.05, 0) is 51.1 Å². The van der Waals surface area contributed by atoms with Gasteiger partial charge in [-0.3, -0.25) is 10.2 Å². The molecule has 0 radical (unpaired) electrons. The molecular weight excluding hydrogens is 246 g/mol. The van der Waals surface area contributed by atoms with Gasteiger partial charge in [-0.1, -0.05) is 33.1 Å². The molecule has 0 heterocycles. The topological polar surface area (TPSA) is 39.1 Å². The van der Waals surface area contributed by atoms with Crippen LogP contribution in [-0.2, 0) is 0 Å². The van der Waals surface area contributed by atoms with Crippen LogP contribution in [0.2, 0.25) is 0 Å². The van der Waals surface area contributed by atoms with Gasteiger partial charge >= 0.3 is 0 Å². The number of nitriles is 1. The summed E-state index contributed by atoms with van der Waals surface area (Å²) in [6, 6.07) is 3.38. The average molecular weight is 277 g/mol. The Morgan fingerprint density at radius 1 is 1.15 bits per heavy atom. The van der Waals surface area contributed by atoms with E-state index in [0.29, 0.717) is 12.0 Å². The minimum Gasteiger partial charge on any atom is -0.298 e. The standard InChI is InChI=1S/C17H31N3/c1-3-12-19-17(13-18,15-10-11-15)14-20(4-2)16-8-6-5-7-9-16/h15-16,19H,3-12,14H2,1-2H3.